The molecule has 0 amide bonds. The normalized spacial score (nSPS) is 10.3. The van der Waals surface area contributed by atoms with Crippen molar-refractivity contribution >= 4 is 5.69 Å². The van der Waals surface area contributed by atoms with E-state index in [1.165, 1.54) is 6.07 Å². The second-order valence-corrected chi connectivity index (χ2v) is 5.53. The number of hydrogen-bond acceptors (Lipinski definition) is 1. The van der Waals surface area contributed by atoms with Crippen LogP contribution in [0.5, 0.6) is 0 Å². The Hall–Kier alpha value is -2.85. The Balaban J connectivity index is 2.33. The number of halogens is 3. The van der Waals surface area contributed by atoms with Crippen LogP contribution < -0.4 is 4.90 Å². The Bertz CT molecular complexity index is 874. The number of nitrogens with zero attached hydrogens (tertiary/aromatic N) is 1. The van der Waals surface area contributed by atoms with Gasteiger partial charge in [-0.3, -0.25) is 0 Å². The van der Waals surface area contributed by atoms with E-state index >= 15 is 0 Å². The lowest BCUT2D eigenvalue weighted by Gasteiger charge is -2.21. The Morgan fingerprint density at radius 3 is 2.32 bits per heavy atom. The average Bonchev–Trinajstić information content (AvgIpc) is 2.56. The summed E-state index contributed by atoms with van der Waals surface area (Å²) in [6, 6.07) is 11.4. The standard InChI is InChI=1S/C21H18F3N/c1-4-7-16-9-6-10-20(13-16)25(3)15-18-11-12-19(21(22,23)24)14-17(18)8-5-2/h6,9-14H,15H2,1-3H3. The molecule has 0 saturated heterocycles. The third kappa shape index (κ3) is 4.81. The third-order valence-corrected chi connectivity index (χ3v) is 3.66. The molecular weight excluding hydrogens is 323 g/mol. The third-order valence-electron chi connectivity index (χ3n) is 3.66. The molecule has 0 radical (unpaired) electrons. The SMILES string of the molecule is CC#Cc1cccc(N(C)Cc2ccc(C(F)(F)F)cc2C#CC)c1. The van der Waals surface area contributed by atoms with Crippen LogP contribution in [0.2, 0.25) is 0 Å². The molecular formula is C21H18F3N. The maximum atomic E-state index is 12.9. The summed E-state index contributed by atoms with van der Waals surface area (Å²) in [6.45, 7) is 3.83. The molecule has 0 bridgehead atoms. The zero-order chi connectivity index (χ0) is 18.4. The second-order valence-electron chi connectivity index (χ2n) is 5.53. The molecule has 0 heterocycles. The number of rotatable bonds is 3. The van der Waals surface area contributed by atoms with E-state index in [0.717, 1.165) is 28.9 Å². The van der Waals surface area contributed by atoms with E-state index in [1.807, 2.05) is 36.2 Å². The van der Waals surface area contributed by atoms with Gasteiger partial charge in [-0.05, 0) is 49.7 Å². The maximum absolute atomic E-state index is 12.9. The molecule has 0 aliphatic carbocycles. The van der Waals surface area contributed by atoms with Gasteiger partial charge in [0.2, 0.25) is 0 Å². The van der Waals surface area contributed by atoms with E-state index in [0.29, 0.717) is 12.1 Å². The fourth-order valence-electron chi connectivity index (χ4n) is 2.45. The molecule has 0 atom stereocenters. The van der Waals surface area contributed by atoms with E-state index in [2.05, 4.69) is 23.7 Å². The van der Waals surface area contributed by atoms with Gasteiger partial charge in [0.15, 0.2) is 0 Å². The van der Waals surface area contributed by atoms with Crippen molar-refractivity contribution in [2.75, 3.05) is 11.9 Å². The van der Waals surface area contributed by atoms with Crippen molar-refractivity contribution in [3.63, 3.8) is 0 Å². The molecule has 0 aromatic heterocycles. The van der Waals surface area contributed by atoms with Crippen LogP contribution in [0.15, 0.2) is 42.5 Å². The Kier molecular flexibility index (Phi) is 5.78. The Labute approximate surface area is 146 Å². The number of hydrogen-bond donors (Lipinski definition) is 0. The molecule has 0 aliphatic heterocycles. The molecule has 0 spiro atoms. The minimum absolute atomic E-state index is 0.397. The molecule has 1 nitrogen and oxygen atoms in total. The van der Waals surface area contributed by atoms with Crippen molar-refractivity contribution in [3.05, 3.63) is 64.7 Å². The van der Waals surface area contributed by atoms with E-state index < -0.39 is 11.7 Å². The first-order chi connectivity index (χ1) is 11.8. The first-order valence-electron chi connectivity index (χ1n) is 7.72. The molecule has 2 aromatic rings. The van der Waals surface area contributed by atoms with Gasteiger partial charge in [-0.15, -0.1) is 11.8 Å². The summed E-state index contributed by atoms with van der Waals surface area (Å²) in [4.78, 5) is 1.96. The molecule has 0 aliphatic rings. The van der Waals surface area contributed by atoms with Gasteiger partial charge in [0.1, 0.15) is 0 Å². The lowest BCUT2D eigenvalue weighted by molar-refractivity contribution is -0.137. The van der Waals surface area contributed by atoms with Gasteiger partial charge in [0.25, 0.3) is 0 Å². The van der Waals surface area contributed by atoms with Crippen LogP contribution in [0.25, 0.3) is 0 Å². The van der Waals surface area contributed by atoms with Crippen LogP contribution >= 0.6 is 0 Å². The largest absolute Gasteiger partial charge is 0.416 e. The maximum Gasteiger partial charge on any atom is 0.416 e. The minimum atomic E-state index is -4.37. The molecule has 0 saturated carbocycles. The van der Waals surface area contributed by atoms with E-state index in [4.69, 9.17) is 0 Å². The van der Waals surface area contributed by atoms with Gasteiger partial charge in [0.05, 0.1) is 5.56 Å². The van der Waals surface area contributed by atoms with Crippen LogP contribution in [-0.4, -0.2) is 7.05 Å². The molecule has 128 valence electrons. The van der Waals surface area contributed by atoms with Crippen molar-refractivity contribution < 1.29 is 13.2 Å². The first-order valence-corrected chi connectivity index (χ1v) is 7.72. The topological polar surface area (TPSA) is 3.24 Å². The number of anilines is 1. The molecule has 0 N–H and O–H groups in total. The van der Waals surface area contributed by atoms with Crippen molar-refractivity contribution in [1.82, 2.24) is 0 Å². The zero-order valence-corrected chi connectivity index (χ0v) is 14.3. The lowest BCUT2D eigenvalue weighted by Crippen LogP contribution is -2.17. The minimum Gasteiger partial charge on any atom is -0.370 e. The number of benzene rings is 2. The lowest BCUT2D eigenvalue weighted by atomic mass is 10.0. The highest BCUT2D eigenvalue weighted by molar-refractivity contribution is 5.54. The predicted octanol–water partition coefficient (Wildman–Crippen LogP) is 5.08. The monoisotopic (exact) mass is 341 g/mol. The van der Waals surface area contributed by atoms with Crippen LogP contribution in [0.3, 0.4) is 0 Å². The van der Waals surface area contributed by atoms with Crippen molar-refractivity contribution in [1.29, 1.82) is 0 Å². The molecule has 0 fully saturated rings. The smallest absolute Gasteiger partial charge is 0.370 e. The van der Waals surface area contributed by atoms with Crippen molar-refractivity contribution in [2.45, 2.75) is 26.6 Å². The predicted molar refractivity (Wildman–Crippen MR) is 95.1 cm³/mol. The van der Waals surface area contributed by atoms with Crippen LogP contribution in [0.1, 0.15) is 36.1 Å². The van der Waals surface area contributed by atoms with Gasteiger partial charge in [-0.2, -0.15) is 13.2 Å². The summed E-state index contributed by atoms with van der Waals surface area (Å²) in [5.74, 6) is 11.3. The van der Waals surface area contributed by atoms with Gasteiger partial charge >= 0.3 is 6.18 Å². The molecule has 25 heavy (non-hydrogen) atoms. The van der Waals surface area contributed by atoms with Crippen LogP contribution in [0, 0.1) is 23.7 Å². The van der Waals surface area contributed by atoms with Crippen LogP contribution in [-0.2, 0) is 12.7 Å². The molecule has 4 heteroatoms. The zero-order valence-electron chi connectivity index (χ0n) is 14.3. The van der Waals surface area contributed by atoms with Gasteiger partial charge in [0, 0.05) is 30.4 Å². The van der Waals surface area contributed by atoms with Crippen molar-refractivity contribution in [3.8, 4) is 23.7 Å². The fraction of sp³-hybridized carbons (Fsp3) is 0.238. The van der Waals surface area contributed by atoms with Crippen LogP contribution in [0.4, 0.5) is 18.9 Å². The van der Waals surface area contributed by atoms with Gasteiger partial charge in [-0.1, -0.05) is 24.0 Å². The van der Waals surface area contributed by atoms with Crippen molar-refractivity contribution in [2.24, 2.45) is 0 Å². The van der Waals surface area contributed by atoms with Gasteiger partial charge < -0.3 is 4.90 Å². The second kappa shape index (κ2) is 7.81. The highest BCUT2D eigenvalue weighted by Crippen LogP contribution is 2.31. The van der Waals surface area contributed by atoms with E-state index in [9.17, 15) is 13.2 Å². The summed E-state index contributed by atoms with van der Waals surface area (Å²) in [6.07, 6.45) is -4.37. The molecule has 2 rings (SSSR count). The summed E-state index contributed by atoms with van der Waals surface area (Å²) in [7, 11) is 1.89. The first kappa shape index (κ1) is 18.5. The Morgan fingerprint density at radius 2 is 1.68 bits per heavy atom. The Morgan fingerprint density at radius 1 is 0.960 bits per heavy atom. The summed E-state index contributed by atoms with van der Waals surface area (Å²) < 4.78 is 38.7. The highest BCUT2D eigenvalue weighted by atomic mass is 19.4. The quantitative estimate of drug-likeness (QED) is 0.703. The van der Waals surface area contributed by atoms with E-state index in [1.54, 1.807) is 13.8 Å². The summed E-state index contributed by atoms with van der Waals surface area (Å²) >= 11 is 0. The molecule has 2 aromatic carbocycles. The highest BCUT2D eigenvalue weighted by Gasteiger charge is 2.30. The van der Waals surface area contributed by atoms with E-state index in [-0.39, 0.29) is 0 Å². The molecule has 0 unspecified atom stereocenters. The summed E-state index contributed by atoms with van der Waals surface area (Å²) in [5, 5.41) is 0. The fourth-order valence-corrected chi connectivity index (χ4v) is 2.45. The average molecular weight is 341 g/mol. The van der Waals surface area contributed by atoms with Gasteiger partial charge in [-0.25, -0.2) is 0 Å². The summed E-state index contributed by atoms with van der Waals surface area (Å²) in [5.41, 5.74) is 2.30. The number of alkyl halides is 3.